The van der Waals surface area contributed by atoms with Crippen LogP contribution in [-0.4, -0.2) is 15.9 Å². The molecule has 1 N–H and O–H groups in total. The van der Waals surface area contributed by atoms with E-state index in [1.54, 1.807) is 0 Å². The van der Waals surface area contributed by atoms with E-state index >= 15 is 0 Å². The largest absolute Gasteiger partial charge is 0.512 e. The van der Waals surface area contributed by atoms with Crippen molar-refractivity contribution in [2.45, 2.75) is 13.8 Å². The van der Waals surface area contributed by atoms with E-state index in [1.165, 1.54) is 19.9 Å². The topological polar surface area (TPSA) is 63.3 Å². The van der Waals surface area contributed by atoms with Crippen LogP contribution in [0.4, 0.5) is 0 Å². The van der Waals surface area contributed by atoms with Gasteiger partial charge in [0, 0.05) is 37.1 Å². The standard InChI is InChI=1S/C19H12NO.C5H8O2.Ir/c1-3-7-14(8-4-1)17-12-11-16-13-18(21-19(16)20-17)15-9-5-2-6-10-15;1-4(6)3-5(2)7;/h1-7,9-13H;3,6H,1-2H3;/q-1;;/b;4-3-;. The first-order valence-electron chi connectivity index (χ1n) is 8.84. The molecule has 0 spiro atoms. The first-order valence-corrected chi connectivity index (χ1v) is 8.84. The molecular weight excluding hydrogens is 542 g/mol. The third-order valence-electron chi connectivity index (χ3n) is 3.84. The molecule has 0 saturated carbocycles. The fraction of sp³-hybridized carbons (Fsp3) is 0.0833. The number of aromatic nitrogens is 1. The Morgan fingerprint density at radius 3 is 2.34 bits per heavy atom. The minimum atomic E-state index is -0.125. The maximum absolute atomic E-state index is 10.0. The minimum Gasteiger partial charge on any atom is -0.512 e. The molecule has 0 atom stereocenters. The molecule has 2 heterocycles. The first-order chi connectivity index (χ1) is 13.5. The van der Waals surface area contributed by atoms with E-state index in [2.05, 4.69) is 11.1 Å². The van der Waals surface area contributed by atoms with Gasteiger partial charge in [0.1, 0.15) is 5.76 Å². The molecule has 0 amide bonds. The number of carbonyl (C=O) groups excluding carboxylic acids is 1. The first kappa shape index (κ1) is 22.3. The summed E-state index contributed by atoms with van der Waals surface area (Å²) in [6.07, 6.45) is 1.17. The number of carbonyl (C=O) groups is 1. The number of hydrogen-bond acceptors (Lipinski definition) is 4. The number of furan rings is 1. The third kappa shape index (κ3) is 6.24. The second-order valence-electron chi connectivity index (χ2n) is 6.24. The fourth-order valence-corrected chi connectivity index (χ4v) is 2.66. The smallest absolute Gasteiger partial charge is 0.217 e. The number of aliphatic hydroxyl groups excluding tert-OH is 1. The Morgan fingerprint density at radius 2 is 1.76 bits per heavy atom. The van der Waals surface area contributed by atoms with Crippen LogP contribution in [0.2, 0.25) is 0 Å². The number of benzene rings is 2. The van der Waals surface area contributed by atoms with Gasteiger partial charge in [0.2, 0.25) is 5.71 Å². The SMILES string of the molecule is CC(=O)/C=C(/C)O.[Ir].[c-]1ccccc1-c1ccc2cc(-c3ccccc3)oc2n1. The van der Waals surface area contributed by atoms with Crippen LogP contribution in [0.3, 0.4) is 0 Å². The number of nitrogens with zero attached hydrogens (tertiary/aromatic N) is 1. The molecule has 4 nitrogen and oxygen atoms in total. The van der Waals surface area contributed by atoms with E-state index in [0.717, 1.165) is 28.0 Å². The normalized spacial score (nSPS) is 10.6. The van der Waals surface area contributed by atoms with Crippen molar-refractivity contribution in [1.82, 2.24) is 4.98 Å². The minimum absolute atomic E-state index is 0. The van der Waals surface area contributed by atoms with E-state index < -0.39 is 0 Å². The summed E-state index contributed by atoms with van der Waals surface area (Å²) in [6, 6.07) is 27.1. The molecule has 4 rings (SSSR count). The fourth-order valence-electron chi connectivity index (χ4n) is 2.66. The molecule has 0 bridgehead atoms. The van der Waals surface area contributed by atoms with Gasteiger partial charge in [-0.15, -0.1) is 35.9 Å². The van der Waals surface area contributed by atoms with Crippen LogP contribution < -0.4 is 0 Å². The van der Waals surface area contributed by atoms with E-state index in [9.17, 15) is 4.79 Å². The number of ketones is 1. The summed E-state index contributed by atoms with van der Waals surface area (Å²) in [7, 11) is 0. The van der Waals surface area contributed by atoms with Crippen molar-refractivity contribution in [2.75, 3.05) is 0 Å². The Hall–Kier alpha value is -3.01. The van der Waals surface area contributed by atoms with Gasteiger partial charge in [0.15, 0.2) is 5.78 Å². The number of rotatable bonds is 3. The summed E-state index contributed by atoms with van der Waals surface area (Å²) < 4.78 is 5.89. The maximum Gasteiger partial charge on any atom is 0.217 e. The van der Waals surface area contributed by atoms with Gasteiger partial charge >= 0.3 is 0 Å². The Kier molecular flexibility index (Phi) is 8.08. The Bertz CT molecular complexity index is 1060. The average Bonchev–Trinajstić information content (AvgIpc) is 3.12. The predicted octanol–water partition coefficient (Wildman–Crippen LogP) is 6.00. The van der Waals surface area contributed by atoms with Crippen molar-refractivity contribution < 1.29 is 34.4 Å². The summed E-state index contributed by atoms with van der Waals surface area (Å²) in [5.74, 6) is 0.778. The zero-order valence-corrected chi connectivity index (χ0v) is 18.4. The number of aliphatic hydroxyl groups is 1. The van der Waals surface area contributed by atoms with Crippen LogP contribution in [0.5, 0.6) is 0 Å². The van der Waals surface area contributed by atoms with Crippen LogP contribution in [0.25, 0.3) is 33.7 Å². The van der Waals surface area contributed by atoms with E-state index in [-0.39, 0.29) is 31.6 Å². The van der Waals surface area contributed by atoms with E-state index in [1.807, 2.05) is 72.8 Å². The molecule has 0 aliphatic rings. The summed E-state index contributed by atoms with van der Waals surface area (Å²) in [4.78, 5) is 14.6. The molecule has 2 aromatic carbocycles. The van der Waals surface area contributed by atoms with Crippen LogP contribution >= 0.6 is 0 Å². The van der Waals surface area contributed by atoms with Gasteiger partial charge in [-0.05, 0) is 25.6 Å². The molecule has 29 heavy (non-hydrogen) atoms. The zero-order valence-electron chi connectivity index (χ0n) is 16.0. The molecule has 0 unspecified atom stereocenters. The molecule has 0 fully saturated rings. The maximum atomic E-state index is 10.0. The second kappa shape index (κ2) is 10.5. The van der Waals surface area contributed by atoms with E-state index in [4.69, 9.17) is 9.52 Å². The van der Waals surface area contributed by atoms with Crippen molar-refractivity contribution in [2.24, 2.45) is 0 Å². The Balaban J connectivity index is 0.000000327. The van der Waals surface area contributed by atoms with Gasteiger partial charge in [0.25, 0.3) is 0 Å². The van der Waals surface area contributed by atoms with Crippen molar-refractivity contribution in [1.29, 1.82) is 0 Å². The van der Waals surface area contributed by atoms with Gasteiger partial charge in [0.05, 0.1) is 5.76 Å². The molecule has 149 valence electrons. The van der Waals surface area contributed by atoms with Crippen LogP contribution in [0.15, 0.2) is 89.0 Å². The number of fused-ring (bicyclic) bond motifs is 1. The monoisotopic (exact) mass is 563 g/mol. The molecule has 4 aromatic rings. The quantitative estimate of drug-likeness (QED) is 0.189. The summed E-state index contributed by atoms with van der Waals surface area (Å²) in [5.41, 5.74) is 3.56. The van der Waals surface area contributed by atoms with Gasteiger partial charge in [-0.25, -0.2) is 0 Å². The van der Waals surface area contributed by atoms with Crippen LogP contribution in [0, 0.1) is 6.07 Å². The van der Waals surface area contributed by atoms with E-state index in [0.29, 0.717) is 5.71 Å². The van der Waals surface area contributed by atoms with Gasteiger partial charge in [-0.2, -0.15) is 0 Å². The predicted molar refractivity (Wildman–Crippen MR) is 111 cm³/mol. The van der Waals surface area contributed by atoms with Gasteiger partial charge < -0.3 is 9.52 Å². The summed E-state index contributed by atoms with van der Waals surface area (Å²) >= 11 is 0. The Labute approximate surface area is 183 Å². The zero-order chi connectivity index (χ0) is 19.9. The molecule has 1 radical (unpaired) electrons. The molecule has 0 aliphatic heterocycles. The summed E-state index contributed by atoms with van der Waals surface area (Å²) in [6.45, 7) is 2.85. The third-order valence-corrected chi connectivity index (χ3v) is 3.84. The second-order valence-corrected chi connectivity index (χ2v) is 6.24. The molecule has 0 aliphatic carbocycles. The van der Waals surface area contributed by atoms with Crippen LogP contribution in [-0.2, 0) is 24.9 Å². The summed E-state index contributed by atoms with van der Waals surface area (Å²) in [5, 5.41) is 9.37. The molecular formula is C24H20IrNO3-. The Morgan fingerprint density at radius 1 is 1.03 bits per heavy atom. The number of pyridine rings is 1. The van der Waals surface area contributed by atoms with Crippen molar-refractivity contribution in [3.8, 4) is 22.6 Å². The van der Waals surface area contributed by atoms with Crippen LogP contribution in [0.1, 0.15) is 13.8 Å². The number of allylic oxidation sites excluding steroid dienone is 2. The molecule has 2 aromatic heterocycles. The van der Waals surface area contributed by atoms with Crippen molar-refractivity contribution in [3.63, 3.8) is 0 Å². The number of hydrogen-bond donors (Lipinski definition) is 1. The molecule has 5 heteroatoms. The van der Waals surface area contributed by atoms with Crippen molar-refractivity contribution in [3.05, 3.63) is 90.7 Å². The van der Waals surface area contributed by atoms with Gasteiger partial charge in [-0.1, -0.05) is 42.5 Å². The average molecular weight is 563 g/mol. The molecule has 0 saturated heterocycles. The van der Waals surface area contributed by atoms with Gasteiger partial charge in [-0.3, -0.25) is 9.78 Å². The van der Waals surface area contributed by atoms with Crippen molar-refractivity contribution >= 4 is 16.9 Å².